The Hall–Kier alpha value is -3.45. The quantitative estimate of drug-likeness (QED) is 0.482. The number of fused-ring (bicyclic) bond motifs is 1. The van der Waals surface area contributed by atoms with E-state index >= 15 is 0 Å². The molecule has 2 heterocycles. The Morgan fingerprint density at radius 3 is 2.57 bits per heavy atom. The molecular weight excluding hydrogens is 398 g/mol. The van der Waals surface area contributed by atoms with Crippen LogP contribution < -0.4 is 14.8 Å². The van der Waals surface area contributed by atoms with Crippen LogP contribution in [0.25, 0.3) is 21.3 Å². The summed E-state index contributed by atoms with van der Waals surface area (Å²) in [5, 5.41) is 5.73. The second-order valence-corrected chi connectivity index (χ2v) is 7.65. The van der Waals surface area contributed by atoms with Crippen LogP contribution in [-0.2, 0) is 11.3 Å². The molecule has 4 rings (SSSR count). The number of thiophene rings is 1. The molecule has 0 bridgehead atoms. The molecule has 2 aromatic heterocycles. The zero-order valence-electron chi connectivity index (χ0n) is 16.7. The van der Waals surface area contributed by atoms with Crippen molar-refractivity contribution in [3.8, 4) is 22.8 Å². The van der Waals surface area contributed by atoms with Crippen LogP contribution in [0.3, 0.4) is 0 Å². The van der Waals surface area contributed by atoms with Gasteiger partial charge in [0.25, 0.3) is 5.91 Å². The average Bonchev–Trinajstić information content (AvgIpc) is 3.22. The molecule has 0 saturated carbocycles. The largest absolute Gasteiger partial charge is 0.497 e. The van der Waals surface area contributed by atoms with Crippen LogP contribution in [0.5, 0.6) is 11.6 Å². The zero-order valence-corrected chi connectivity index (χ0v) is 17.5. The maximum atomic E-state index is 12.3. The van der Waals surface area contributed by atoms with Crippen LogP contribution in [0.1, 0.15) is 11.1 Å². The van der Waals surface area contributed by atoms with E-state index in [0.29, 0.717) is 12.4 Å². The molecule has 0 atom stereocenters. The van der Waals surface area contributed by atoms with E-state index in [9.17, 15) is 4.79 Å². The van der Waals surface area contributed by atoms with Crippen molar-refractivity contribution in [1.29, 1.82) is 0 Å². The molecule has 0 radical (unpaired) electrons. The molecule has 0 fully saturated rings. The molecule has 0 aliphatic carbocycles. The van der Waals surface area contributed by atoms with Crippen LogP contribution in [0.15, 0.2) is 60.2 Å². The first-order valence-electron chi connectivity index (χ1n) is 9.45. The smallest absolute Gasteiger partial charge is 0.258 e. The van der Waals surface area contributed by atoms with Crippen molar-refractivity contribution in [2.24, 2.45) is 0 Å². The number of carbonyl (C=O) groups is 1. The second kappa shape index (κ2) is 8.92. The van der Waals surface area contributed by atoms with Gasteiger partial charge in [0, 0.05) is 17.5 Å². The summed E-state index contributed by atoms with van der Waals surface area (Å²) in [5.41, 5.74) is 4.24. The molecule has 30 heavy (non-hydrogen) atoms. The highest BCUT2D eigenvalue weighted by molar-refractivity contribution is 7.17. The van der Waals surface area contributed by atoms with Gasteiger partial charge in [0.1, 0.15) is 16.9 Å². The van der Waals surface area contributed by atoms with Gasteiger partial charge in [-0.25, -0.2) is 9.97 Å². The fourth-order valence-electron chi connectivity index (χ4n) is 3.03. The lowest BCUT2D eigenvalue weighted by Gasteiger charge is -2.09. The number of ether oxygens (including phenoxy) is 2. The molecular formula is C23H21N3O3S. The summed E-state index contributed by atoms with van der Waals surface area (Å²) >= 11 is 1.53. The summed E-state index contributed by atoms with van der Waals surface area (Å²) in [5.74, 6) is 0.974. The third kappa shape index (κ3) is 4.41. The highest BCUT2D eigenvalue weighted by atomic mass is 32.1. The first-order chi connectivity index (χ1) is 14.6. The number of rotatable bonds is 7. The topological polar surface area (TPSA) is 73.3 Å². The molecule has 0 aliphatic rings. The van der Waals surface area contributed by atoms with Gasteiger partial charge < -0.3 is 14.8 Å². The van der Waals surface area contributed by atoms with E-state index in [0.717, 1.165) is 32.7 Å². The van der Waals surface area contributed by atoms with Gasteiger partial charge in [-0.3, -0.25) is 4.79 Å². The summed E-state index contributed by atoms with van der Waals surface area (Å²) in [6.07, 6.45) is 1.46. The minimum absolute atomic E-state index is 0.120. The number of aromatic nitrogens is 2. The minimum Gasteiger partial charge on any atom is -0.497 e. The van der Waals surface area contributed by atoms with Crippen molar-refractivity contribution in [3.63, 3.8) is 0 Å². The molecule has 0 unspecified atom stereocenters. The Morgan fingerprint density at radius 2 is 1.83 bits per heavy atom. The summed E-state index contributed by atoms with van der Waals surface area (Å²) < 4.78 is 10.9. The zero-order chi connectivity index (χ0) is 20.9. The van der Waals surface area contributed by atoms with E-state index in [2.05, 4.69) is 46.5 Å². The maximum absolute atomic E-state index is 12.3. The molecule has 2 aromatic carbocycles. The highest BCUT2D eigenvalue weighted by Crippen LogP contribution is 2.37. The normalized spacial score (nSPS) is 10.7. The molecule has 4 aromatic rings. The van der Waals surface area contributed by atoms with Crippen molar-refractivity contribution >= 4 is 27.5 Å². The number of amides is 1. The number of carbonyl (C=O) groups excluding carboxylic acids is 1. The molecule has 1 amide bonds. The summed E-state index contributed by atoms with van der Waals surface area (Å²) in [6, 6.07) is 15.8. The van der Waals surface area contributed by atoms with Crippen molar-refractivity contribution in [1.82, 2.24) is 15.3 Å². The van der Waals surface area contributed by atoms with Gasteiger partial charge >= 0.3 is 0 Å². The highest BCUT2D eigenvalue weighted by Gasteiger charge is 2.15. The van der Waals surface area contributed by atoms with Crippen molar-refractivity contribution in [3.05, 3.63) is 71.4 Å². The van der Waals surface area contributed by atoms with Gasteiger partial charge in [0.15, 0.2) is 6.61 Å². The molecule has 0 aliphatic heterocycles. The van der Waals surface area contributed by atoms with E-state index < -0.39 is 0 Å². The van der Waals surface area contributed by atoms with Gasteiger partial charge in [0.05, 0.1) is 12.5 Å². The number of benzene rings is 2. The predicted octanol–water partition coefficient (Wildman–Crippen LogP) is 4.37. The average molecular weight is 420 g/mol. The van der Waals surface area contributed by atoms with Crippen molar-refractivity contribution in [2.45, 2.75) is 13.5 Å². The molecule has 1 N–H and O–H groups in total. The SMILES string of the molecule is COc1ccc(CNC(=O)COc2ncnc3scc(-c4ccc(C)cc4)c23)cc1. The van der Waals surface area contributed by atoms with Crippen molar-refractivity contribution < 1.29 is 14.3 Å². The molecule has 0 saturated heterocycles. The Labute approximate surface area is 178 Å². The van der Waals surface area contributed by atoms with E-state index in [1.165, 1.54) is 23.2 Å². The Balaban J connectivity index is 1.45. The fraction of sp³-hybridized carbons (Fsp3) is 0.174. The third-order valence-corrected chi connectivity index (χ3v) is 5.57. The first-order valence-corrected chi connectivity index (χ1v) is 10.3. The number of methoxy groups -OCH3 is 1. The number of hydrogen-bond donors (Lipinski definition) is 1. The number of nitrogens with one attached hydrogen (secondary N) is 1. The fourth-order valence-corrected chi connectivity index (χ4v) is 3.94. The molecule has 6 nitrogen and oxygen atoms in total. The molecule has 152 valence electrons. The van der Waals surface area contributed by atoms with Gasteiger partial charge in [-0.05, 0) is 30.2 Å². The van der Waals surface area contributed by atoms with E-state index in [1.54, 1.807) is 7.11 Å². The van der Waals surface area contributed by atoms with Crippen LogP contribution in [0, 0.1) is 6.92 Å². The summed E-state index contributed by atoms with van der Waals surface area (Å²) in [7, 11) is 1.62. The number of nitrogens with zero attached hydrogens (tertiary/aromatic N) is 2. The Bertz CT molecular complexity index is 1150. The minimum atomic E-state index is -0.218. The van der Waals surface area contributed by atoms with Gasteiger partial charge in [-0.15, -0.1) is 11.3 Å². The number of hydrogen-bond acceptors (Lipinski definition) is 6. The molecule has 0 spiro atoms. The maximum Gasteiger partial charge on any atom is 0.258 e. The lowest BCUT2D eigenvalue weighted by Crippen LogP contribution is -2.28. The van der Waals surface area contributed by atoms with Crippen LogP contribution in [-0.4, -0.2) is 29.6 Å². The summed E-state index contributed by atoms with van der Waals surface area (Å²) in [6.45, 7) is 2.35. The third-order valence-electron chi connectivity index (χ3n) is 4.69. The lowest BCUT2D eigenvalue weighted by atomic mass is 10.0. The lowest BCUT2D eigenvalue weighted by molar-refractivity contribution is -0.123. The molecule has 7 heteroatoms. The van der Waals surface area contributed by atoms with E-state index in [4.69, 9.17) is 9.47 Å². The van der Waals surface area contributed by atoms with Crippen molar-refractivity contribution in [2.75, 3.05) is 13.7 Å². The summed E-state index contributed by atoms with van der Waals surface area (Å²) in [4.78, 5) is 21.7. The van der Waals surface area contributed by atoms with Gasteiger partial charge in [-0.2, -0.15) is 0 Å². The number of aryl methyl sites for hydroxylation is 1. The van der Waals surface area contributed by atoms with Crippen LogP contribution in [0.4, 0.5) is 0 Å². The van der Waals surface area contributed by atoms with E-state index in [-0.39, 0.29) is 12.5 Å². The van der Waals surface area contributed by atoms with Gasteiger partial charge in [-0.1, -0.05) is 42.0 Å². The Morgan fingerprint density at radius 1 is 1.07 bits per heavy atom. The first kappa shape index (κ1) is 19.8. The van der Waals surface area contributed by atoms with Gasteiger partial charge in [0.2, 0.25) is 5.88 Å². The van der Waals surface area contributed by atoms with E-state index in [1.807, 2.05) is 29.6 Å². The Kier molecular flexibility index (Phi) is 5.90. The standard InChI is InChI=1S/C23H21N3O3S/c1-15-3-7-17(8-4-15)19-13-30-23-21(19)22(25-14-26-23)29-12-20(27)24-11-16-5-9-18(28-2)10-6-16/h3-10,13-14H,11-12H2,1-2H3,(H,24,27). The van der Waals surface area contributed by atoms with Crippen LogP contribution in [0.2, 0.25) is 0 Å². The second-order valence-electron chi connectivity index (χ2n) is 6.79. The monoisotopic (exact) mass is 419 g/mol. The predicted molar refractivity (Wildman–Crippen MR) is 118 cm³/mol. The van der Waals surface area contributed by atoms with Crippen LogP contribution >= 0.6 is 11.3 Å².